The highest BCUT2D eigenvalue weighted by Crippen LogP contribution is 2.28. The van der Waals surface area contributed by atoms with Crippen LogP contribution in [0.2, 0.25) is 0 Å². The van der Waals surface area contributed by atoms with Gasteiger partial charge in [0, 0.05) is 16.7 Å². The molecule has 6 nitrogen and oxygen atoms in total. The van der Waals surface area contributed by atoms with Gasteiger partial charge in [-0.3, -0.25) is 10.1 Å². The van der Waals surface area contributed by atoms with Gasteiger partial charge in [0.2, 0.25) is 0 Å². The van der Waals surface area contributed by atoms with Crippen molar-refractivity contribution in [2.24, 2.45) is 0 Å². The zero-order valence-electron chi connectivity index (χ0n) is 8.68. The van der Waals surface area contributed by atoms with Crippen LogP contribution in [-0.4, -0.2) is 13.3 Å². The molecule has 0 atom stereocenters. The standard InChI is InChI=1S/C9H7ClN2O4S/c1-2-6-3-7(5-11)8(12(13)14)4-9(6)17(10,15)16/h3-4H,2H2,1H3. The van der Waals surface area contributed by atoms with Crippen LogP contribution < -0.4 is 0 Å². The molecule has 0 heterocycles. The van der Waals surface area contributed by atoms with Crippen molar-refractivity contribution in [3.05, 3.63) is 33.4 Å². The molecule has 0 fully saturated rings. The van der Waals surface area contributed by atoms with Crippen LogP contribution in [0.1, 0.15) is 18.1 Å². The summed E-state index contributed by atoms with van der Waals surface area (Å²) in [7, 11) is 1.11. The predicted molar refractivity (Wildman–Crippen MR) is 60.2 cm³/mol. The van der Waals surface area contributed by atoms with Crippen LogP contribution in [0.25, 0.3) is 0 Å². The number of aryl methyl sites for hydroxylation is 1. The van der Waals surface area contributed by atoms with Crippen molar-refractivity contribution in [3.8, 4) is 6.07 Å². The molecule has 0 N–H and O–H groups in total. The highest BCUT2D eigenvalue weighted by atomic mass is 35.7. The molecule has 0 aliphatic carbocycles. The summed E-state index contributed by atoms with van der Waals surface area (Å²) < 4.78 is 22.5. The molecule has 0 radical (unpaired) electrons. The van der Waals surface area contributed by atoms with Crippen LogP contribution in [0.3, 0.4) is 0 Å². The van der Waals surface area contributed by atoms with Gasteiger partial charge in [-0.1, -0.05) is 6.92 Å². The van der Waals surface area contributed by atoms with Crippen LogP contribution in [0, 0.1) is 21.4 Å². The molecular formula is C9H7ClN2O4S. The second-order valence-corrected chi connectivity index (χ2v) is 5.67. The molecule has 8 heteroatoms. The first-order chi connectivity index (χ1) is 7.81. The van der Waals surface area contributed by atoms with E-state index in [4.69, 9.17) is 15.9 Å². The Kier molecular flexibility index (Phi) is 3.70. The number of hydrogen-bond acceptors (Lipinski definition) is 5. The van der Waals surface area contributed by atoms with Gasteiger partial charge >= 0.3 is 0 Å². The summed E-state index contributed by atoms with van der Waals surface area (Å²) in [5.74, 6) is 0. The Bertz CT molecular complexity index is 619. The van der Waals surface area contributed by atoms with Crippen molar-refractivity contribution in [2.75, 3.05) is 0 Å². The molecule has 0 aliphatic rings. The summed E-state index contributed by atoms with van der Waals surface area (Å²) >= 11 is 0. The van der Waals surface area contributed by atoms with E-state index in [2.05, 4.69) is 0 Å². The van der Waals surface area contributed by atoms with E-state index in [1.54, 1.807) is 13.0 Å². The first-order valence-corrected chi connectivity index (χ1v) is 6.78. The van der Waals surface area contributed by atoms with Crippen molar-refractivity contribution in [1.82, 2.24) is 0 Å². The minimum absolute atomic E-state index is 0.184. The largest absolute Gasteiger partial charge is 0.288 e. The first kappa shape index (κ1) is 13.4. The maximum atomic E-state index is 11.2. The number of rotatable bonds is 3. The predicted octanol–water partition coefficient (Wildman–Crippen LogP) is 1.96. The van der Waals surface area contributed by atoms with Crippen molar-refractivity contribution in [3.63, 3.8) is 0 Å². The molecule has 1 aromatic carbocycles. The maximum Gasteiger partial charge on any atom is 0.288 e. The smallest absolute Gasteiger partial charge is 0.258 e. The van der Waals surface area contributed by atoms with E-state index in [1.165, 1.54) is 6.07 Å². The summed E-state index contributed by atoms with van der Waals surface area (Å²) in [6.07, 6.45) is 0.300. The Balaban J connectivity index is 3.70. The molecule has 0 saturated heterocycles. The monoisotopic (exact) mass is 274 g/mol. The molecule has 0 aliphatic heterocycles. The van der Waals surface area contributed by atoms with Gasteiger partial charge in [0.25, 0.3) is 14.7 Å². The van der Waals surface area contributed by atoms with Gasteiger partial charge in [-0.05, 0) is 18.1 Å². The summed E-state index contributed by atoms with van der Waals surface area (Å²) in [5.41, 5.74) is -0.470. The van der Waals surface area contributed by atoms with Crippen LogP contribution in [0.5, 0.6) is 0 Å². The second-order valence-electron chi connectivity index (χ2n) is 3.14. The summed E-state index contributed by atoms with van der Waals surface area (Å²) in [5, 5.41) is 19.4. The van der Waals surface area contributed by atoms with Crippen LogP contribution in [0.4, 0.5) is 5.69 Å². The number of benzene rings is 1. The number of hydrogen-bond donors (Lipinski definition) is 0. The lowest BCUT2D eigenvalue weighted by Gasteiger charge is -2.05. The van der Waals surface area contributed by atoms with Crippen LogP contribution in [0.15, 0.2) is 17.0 Å². The van der Waals surface area contributed by atoms with Crippen molar-refractivity contribution >= 4 is 25.4 Å². The second kappa shape index (κ2) is 4.69. The van der Waals surface area contributed by atoms with E-state index in [9.17, 15) is 18.5 Å². The highest BCUT2D eigenvalue weighted by Gasteiger charge is 2.23. The number of nitro groups is 1. The number of nitrogens with zero attached hydrogens (tertiary/aromatic N) is 2. The minimum Gasteiger partial charge on any atom is -0.258 e. The van der Waals surface area contributed by atoms with Gasteiger partial charge in [-0.15, -0.1) is 0 Å². The molecule has 0 spiro atoms. The van der Waals surface area contributed by atoms with Gasteiger partial charge in [0.05, 0.1) is 9.82 Å². The van der Waals surface area contributed by atoms with Gasteiger partial charge in [0.1, 0.15) is 11.6 Å². The van der Waals surface area contributed by atoms with Crippen molar-refractivity contribution in [2.45, 2.75) is 18.2 Å². The molecule has 0 unspecified atom stereocenters. The normalized spacial score (nSPS) is 10.9. The first-order valence-electron chi connectivity index (χ1n) is 4.47. The summed E-state index contributed by atoms with van der Waals surface area (Å²) in [6.45, 7) is 1.66. The summed E-state index contributed by atoms with van der Waals surface area (Å²) in [4.78, 5) is 9.53. The SMILES string of the molecule is CCc1cc(C#N)c([N+](=O)[O-])cc1S(=O)(=O)Cl. The lowest BCUT2D eigenvalue weighted by molar-refractivity contribution is -0.385. The minimum atomic E-state index is -4.07. The van der Waals surface area contributed by atoms with Gasteiger partial charge in [-0.2, -0.15) is 5.26 Å². The third kappa shape index (κ3) is 2.72. The fraction of sp³-hybridized carbons (Fsp3) is 0.222. The average molecular weight is 275 g/mol. The molecule has 0 saturated carbocycles. The number of nitriles is 1. The highest BCUT2D eigenvalue weighted by molar-refractivity contribution is 8.13. The van der Waals surface area contributed by atoms with Crippen LogP contribution >= 0.6 is 10.7 Å². The van der Waals surface area contributed by atoms with Gasteiger partial charge in [0.15, 0.2) is 0 Å². The molecular weight excluding hydrogens is 268 g/mol. The average Bonchev–Trinajstić information content (AvgIpc) is 2.25. The quantitative estimate of drug-likeness (QED) is 0.476. The number of halogens is 1. The topological polar surface area (TPSA) is 101 Å². The van der Waals surface area contributed by atoms with Gasteiger partial charge in [-0.25, -0.2) is 8.42 Å². The van der Waals surface area contributed by atoms with Crippen LogP contribution in [-0.2, 0) is 15.5 Å². The number of nitro benzene ring substituents is 1. The van der Waals surface area contributed by atoms with E-state index in [0.29, 0.717) is 6.42 Å². The van der Waals surface area contributed by atoms with Gasteiger partial charge < -0.3 is 0 Å². The molecule has 90 valence electrons. The Morgan fingerprint density at radius 3 is 2.47 bits per heavy atom. The third-order valence-electron chi connectivity index (χ3n) is 2.14. The molecule has 0 bridgehead atoms. The third-order valence-corrected chi connectivity index (χ3v) is 3.54. The van der Waals surface area contributed by atoms with E-state index >= 15 is 0 Å². The Morgan fingerprint density at radius 1 is 1.53 bits per heavy atom. The Labute approximate surface area is 102 Å². The van der Waals surface area contributed by atoms with E-state index in [0.717, 1.165) is 6.07 Å². The maximum absolute atomic E-state index is 11.2. The Hall–Kier alpha value is -1.65. The lowest BCUT2D eigenvalue weighted by Crippen LogP contribution is -2.02. The van der Waals surface area contributed by atoms with E-state index in [-0.39, 0.29) is 16.0 Å². The fourth-order valence-electron chi connectivity index (χ4n) is 1.36. The zero-order chi connectivity index (χ0) is 13.2. The molecule has 0 amide bonds. The van der Waals surface area contributed by atoms with E-state index in [1.807, 2.05) is 0 Å². The summed E-state index contributed by atoms with van der Waals surface area (Å²) in [6, 6.07) is 3.64. The molecule has 17 heavy (non-hydrogen) atoms. The fourth-order valence-corrected chi connectivity index (χ4v) is 2.56. The molecule has 1 aromatic rings. The zero-order valence-corrected chi connectivity index (χ0v) is 10.2. The van der Waals surface area contributed by atoms with E-state index < -0.39 is 19.7 Å². The molecule has 1 rings (SSSR count). The van der Waals surface area contributed by atoms with Crippen molar-refractivity contribution in [1.29, 1.82) is 5.26 Å². The lowest BCUT2D eigenvalue weighted by atomic mass is 10.1. The molecule has 0 aromatic heterocycles. The van der Waals surface area contributed by atoms with Crippen molar-refractivity contribution < 1.29 is 13.3 Å². The Morgan fingerprint density at radius 2 is 2.12 bits per heavy atom.